The number of carbonyl (C=O) groups excluding carboxylic acids is 3. The van der Waals surface area contributed by atoms with Gasteiger partial charge < -0.3 is 15.4 Å². The van der Waals surface area contributed by atoms with Crippen LogP contribution >= 0.6 is 0 Å². The molecule has 8 nitrogen and oxygen atoms in total. The summed E-state index contributed by atoms with van der Waals surface area (Å²) in [7, 11) is 0. The zero-order valence-electron chi connectivity index (χ0n) is 19.8. The van der Waals surface area contributed by atoms with E-state index in [1.54, 1.807) is 6.92 Å². The van der Waals surface area contributed by atoms with Crippen LogP contribution in [0.15, 0.2) is 48.5 Å². The Morgan fingerprint density at radius 2 is 1.68 bits per heavy atom. The SMILES string of the molecule is CCCc1ccc(C2(C)NC(=O)N(CC(=O)Nc3ccc(CN4CCOCC4)cc3)C2=O)cc1. The fourth-order valence-corrected chi connectivity index (χ4v) is 4.38. The lowest BCUT2D eigenvalue weighted by Gasteiger charge is -2.26. The van der Waals surface area contributed by atoms with E-state index in [1.807, 2.05) is 48.5 Å². The number of anilines is 1. The highest BCUT2D eigenvalue weighted by molar-refractivity contribution is 6.10. The average molecular weight is 465 g/mol. The van der Waals surface area contributed by atoms with Crippen molar-refractivity contribution in [3.8, 4) is 0 Å². The van der Waals surface area contributed by atoms with Gasteiger partial charge in [-0.05, 0) is 42.2 Å². The van der Waals surface area contributed by atoms with E-state index in [2.05, 4.69) is 22.5 Å². The molecule has 2 aromatic carbocycles. The van der Waals surface area contributed by atoms with Crippen molar-refractivity contribution in [1.82, 2.24) is 15.1 Å². The molecular weight excluding hydrogens is 432 g/mol. The third-order valence-corrected chi connectivity index (χ3v) is 6.39. The Hall–Kier alpha value is -3.23. The van der Waals surface area contributed by atoms with E-state index >= 15 is 0 Å². The van der Waals surface area contributed by atoms with Crippen LogP contribution in [0.2, 0.25) is 0 Å². The van der Waals surface area contributed by atoms with E-state index in [0.29, 0.717) is 11.3 Å². The van der Waals surface area contributed by atoms with Crippen LogP contribution in [-0.2, 0) is 32.8 Å². The quantitative estimate of drug-likeness (QED) is 0.587. The second-order valence-corrected chi connectivity index (χ2v) is 9.03. The molecule has 1 atom stereocenters. The Bertz CT molecular complexity index is 1030. The summed E-state index contributed by atoms with van der Waals surface area (Å²) in [5.74, 6) is -0.858. The van der Waals surface area contributed by atoms with Crippen molar-refractivity contribution in [2.24, 2.45) is 0 Å². The average Bonchev–Trinajstić information content (AvgIpc) is 3.05. The number of hydrogen-bond donors (Lipinski definition) is 2. The number of rotatable bonds is 8. The largest absolute Gasteiger partial charge is 0.379 e. The van der Waals surface area contributed by atoms with Crippen molar-refractivity contribution in [2.45, 2.75) is 38.8 Å². The van der Waals surface area contributed by atoms with Crippen LogP contribution in [0.5, 0.6) is 0 Å². The lowest BCUT2D eigenvalue weighted by molar-refractivity contribution is -0.133. The van der Waals surface area contributed by atoms with Gasteiger partial charge in [0.2, 0.25) is 5.91 Å². The molecular formula is C26H32N4O4. The molecule has 180 valence electrons. The Kier molecular flexibility index (Phi) is 7.29. The van der Waals surface area contributed by atoms with Gasteiger partial charge in [0.05, 0.1) is 13.2 Å². The first-order chi connectivity index (χ1) is 16.4. The zero-order valence-corrected chi connectivity index (χ0v) is 19.8. The Morgan fingerprint density at radius 3 is 2.32 bits per heavy atom. The van der Waals surface area contributed by atoms with Gasteiger partial charge in [-0.2, -0.15) is 0 Å². The van der Waals surface area contributed by atoms with Gasteiger partial charge in [0.15, 0.2) is 0 Å². The minimum absolute atomic E-state index is 0.344. The molecule has 2 aliphatic rings. The third kappa shape index (κ3) is 5.29. The number of ether oxygens (including phenoxy) is 1. The minimum atomic E-state index is -1.19. The van der Waals surface area contributed by atoms with Crippen molar-refractivity contribution in [3.05, 3.63) is 65.2 Å². The first-order valence-corrected chi connectivity index (χ1v) is 11.8. The molecule has 0 radical (unpaired) electrons. The van der Waals surface area contributed by atoms with Crippen LogP contribution in [-0.4, -0.2) is 60.5 Å². The summed E-state index contributed by atoms with van der Waals surface area (Å²) < 4.78 is 5.38. The van der Waals surface area contributed by atoms with Crippen LogP contribution in [0.25, 0.3) is 0 Å². The molecule has 8 heteroatoms. The van der Waals surface area contributed by atoms with E-state index in [1.165, 1.54) is 5.56 Å². The number of nitrogens with one attached hydrogen (secondary N) is 2. The molecule has 0 aromatic heterocycles. The van der Waals surface area contributed by atoms with E-state index in [9.17, 15) is 14.4 Å². The number of benzene rings is 2. The summed E-state index contributed by atoms with van der Waals surface area (Å²) in [6.07, 6.45) is 1.99. The van der Waals surface area contributed by atoms with Crippen LogP contribution in [0.3, 0.4) is 0 Å². The number of urea groups is 1. The van der Waals surface area contributed by atoms with Gasteiger partial charge in [0, 0.05) is 25.3 Å². The Balaban J connectivity index is 1.35. The summed E-state index contributed by atoms with van der Waals surface area (Å²) in [5, 5.41) is 5.54. The van der Waals surface area contributed by atoms with Crippen molar-refractivity contribution >= 4 is 23.5 Å². The fourth-order valence-electron chi connectivity index (χ4n) is 4.38. The summed E-state index contributed by atoms with van der Waals surface area (Å²) in [6.45, 7) is 7.59. The highest BCUT2D eigenvalue weighted by atomic mass is 16.5. The monoisotopic (exact) mass is 464 g/mol. The highest BCUT2D eigenvalue weighted by Gasteiger charge is 2.49. The molecule has 2 fully saturated rings. The standard InChI is InChI=1S/C26H32N4O4/c1-3-4-19-5-9-21(10-6-19)26(2)24(32)30(25(33)28-26)18-23(31)27-22-11-7-20(8-12-22)17-29-13-15-34-16-14-29/h5-12H,3-4,13-18H2,1-2H3,(H,27,31)(H,28,33). The molecule has 0 aliphatic carbocycles. The molecule has 2 heterocycles. The number of morpholine rings is 1. The molecule has 0 saturated carbocycles. The van der Waals surface area contributed by atoms with E-state index < -0.39 is 23.4 Å². The number of nitrogens with zero attached hydrogens (tertiary/aromatic N) is 2. The van der Waals surface area contributed by atoms with Gasteiger partial charge in [-0.15, -0.1) is 0 Å². The molecule has 0 bridgehead atoms. The second-order valence-electron chi connectivity index (χ2n) is 9.03. The molecule has 2 aromatic rings. The predicted octanol–water partition coefficient (Wildman–Crippen LogP) is 2.88. The first-order valence-electron chi connectivity index (χ1n) is 11.8. The number of imide groups is 1. The fraction of sp³-hybridized carbons (Fsp3) is 0.423. The van der Waals surface area contributed by atoms with E-state index in [-0.39, 0.29) is 6.54 Å². The summed E-state index contributed by atoms with van der Waals surface area (Å²) in [6, 6.07) is 14.7. The van der Waals surface area contributed by atoms with Crippen molar-refractivity contribution < 1.29 is 19.1 Å². The molecule has 2 N–H and O–H groups in total. The molecule has 4 rings (SSSR count). The molecule has 4 amide bonds. The van der Waals surface area contributed by atoms with Crippen molar-refractivity contribution in [1.29, 1.82) is 0 Å². The maximum absolute atomic E-state index is 13.1. The van der Waals surface area contributed by atoms with Gasteiger partial charge in [0.25, 0.3) is 5.91 Å². The third-order valence-electron chi connectivity index (χ3n) is 6.39. The van der Waals surface area contributed by atoms with Gasteiger partial charge >= 0.3 is 6.03 Å². The highest BCUT2D eigenvalue weighted by Crippen LogP contribution is 2.29. The Morgan fingerprint density at radius 1 is 1.03 bits per heavy atom. The lowest BCUT2D eigenvalue weighted by Crippen LogP contribution is -2.42. The number of aryl methyl sites for hydroxylation is 1. The molecule has 0 spiro atoms. The Labute approximate surface area is 200 Å². The predicted molar refractivity (Wildman–Crippen MR) is 129 cm³/mol. The van der Waals surface area contributed by atoms with Gasteiger partial charge in [0.1, 0.15) is 12.1 Å². The maximum atomic E-state index is 13.1. The minimum Gasteiger partial charge on any atom is -0.379 e. The summed E-state index contributed by atoms with van der Waals surface area (Å²) >= 11 is 0. The van der Waals surface area contributed by atoms with Crippen LogP contribution in [0, 0.1) is 0 Å². The zero-order chi connectivity index (χ0) is 24.1. The molecule has 2 aliphatic heterocycles. The topological polar surface area (TPSA) is 91.0 Å². The van der Waals surface area contributed by atoms with Crippen molar-refractivity contribution in [2.75, 3.05) is 38.2 Å². The summed E-state index contributed by atoms with van der Waals surface area (Å²) in [5.41, 5.74) is 2.46. The van der Waals surface area contributed by atoms with E-state index in [4.69, 9.17) is 4.74 Å². The van der Waals surface area contributed by atoms with Gasteiger partial charge in [-0.25, -0.2) is 4.79 Å². The lowest BCUT2D eigenvalue weighted by atomic mass is 9.91. The number of carbonyl (C=O) groups is 3. The number of amides is 4. The van der Waals surface area contributed by atoms with E-state index in [0.717, 1.165) is 56.2 Å². The maximum Gasteiger partial charge on any atom is 0.325 e. The van der Waals surface area contributed by atoms with Gasteiger partial charge in [-0.1, -0.05) is 49.7 Å². The molecule has 2 saturated heterocycles. The molecule has 34 heavy (non-hydrogen) atoms. The van der Waals surface area contributed by atoms with Crippen LogP contribution in [0.1, 0.15) is 37.0 Å². The van der Waals surface area contributed by atoms with Crippen LogP contribution in [0.4, 0.5) is 10.5 Å². The van der Waals surface area contributed by atoms with Gasteiger partial charge in [-0.3, -0.25) is 19.4 Å². The second kappa shape index (κ2) is 10.4. The van der Waals surface area contributed by atoms with Crippen LogP contribution < -0.4 is 10.6 Å². The first kappa shape index (κ1) is 23.9. The smallest absolute Gasteiger partial charge is 0.325 e. The normalized spacial score (nSPS) is 20.9. The molecule has 1 unspecified atom stereocenters. The van der Waals surface area contributed by atoms with Crippen molar-refractivity contribution in [3.63, 3.8) is 0 Å². The summed E-state index contributed by atoms with van der Waals surface area (Å²) in [4.78, 5) is 41.6. The number of hydrogen-bond acceptors (Lipinski definition) is 5.